The summed E-state index contributed by atoms with van der Waals surface area (Å²) < 4.78 is 2.07. The molecular formula is C27H34ClN5O. The Hall–Kier alpha value is -2.73. The molecule has 1 aliphatic carbocycles. The van der Waals surface area contributed by atoms with E-state index < -0.39 is 0 Å². The van der Waals surface area contributed by atoms with Crippen LogP contribution in [0.5, 0.6) is 0 Å². The molecule has 34 heavy (non-hydrogen) atoms. The molecule has 0 unspecified atom stereocenters. The van der Waals surface area contributed by atoms with E-state index in [0.29, 0.717) is 11.6 Å². The number of fused-ring (bicyclic) bond motifs is 1. The minimum atomic E-state index is -0.243. The van der Waals surface area contributed by atoms with Crippen molar-refractivity contribution in [2.45, 2.75) is 58.4 Å². The van der Waals surface area contributed by atoms with E-state index in [1.807, 2.05) is 25.2 Å². The summed E-state index contributed by atoms with van der Waals surface area (Å²) in [7, 11) is 2.02. The lowest BCUT2D eigenvalue weighted by Crippen LogP contribution is -2.39. The van der Waals surface area contributed by atoms with Crippen molar-refractivity contribution in [3.05, 3.63) is 47.0 Å². The van der Waals surface area contributed by atoms with E-state index in [1.54, 1.807) is 0 Å². The first-order chi connectivity index (χ1) is 16.4. The third-order valence-corrected chi connectivity index (χ3v) is 7.90. The van der Waals surface area contributed by atoms with E-state index in [1.165, 1.54) is 24.9 Å². The van der Waals surface area contributed by atoms with Crippen molar-refractivity contribution in [3.8, 4) is 0 Å². The van der Waals surface area contributed by atoms with E-state index in [-0.39, 0.29) is 11.3 Å². The minimum Gasteiger partial charge on any atom is -0.371 e. The first-order valence-electron chi connectivity index (χ1n) is 12.5. The zero-order chi connectivity index (χ0) is 23.7. The topological polar surface area (TPSA) is 62.2 Å². The molecule has 3 aromatic rings. The highest BCUT2D eigenvalue weighted by molar-refractivity contribution is 6.33. The summed E-state index contributed by atoms with van der Waals surface area (Å²) in [4.78, 5) is 20.1. The van der Waals surface area contributed by atoms with Gasteiger partial charge in [-0.25, -0.2) is 4.98 Å². The second-order valence-corrected chi connectivity index (χ2v) is 10.5. The molecule has 2 fully saturated rings. The Labute approximate surface area is 206 Å². The molecule has 1 saturated heterocycles. The Bertz CT molecular complexity index is 1190. The number of carbonyl (C=O) groups excluding carboxylic acids is 1. The van der Waals surface area contributed by atoms with Gasteiger partial charge in [-0.3, -0.25) is 4.79 Å². The predicted octanol–water partition coefficient (Wildman–Crippen LogP) is 6.16. The fourth-order valence-corrected chi connectivity index (χ4v) is 5.48. The number of aryl methyl sites for hydroxylation is 1. The third kappa shape index (κ3) is 4.61. The van der Waals surface area contributed by atoms with Gasteiger partial charge in [0.1, 0.15) is 0 Å². The Morgan fingerprint density at radius 1 is 1.06 bits per heavy atom. The lowest BCUT2D eigenvalue weighted by atomic mass is 9.75. The summed E-state index contributed by atoms with van der Waals surface area (Å²) in [5.74, 6) is 0.896. The first-order valence-corrected chi connectivity index (χ1v) is 12.9. The molecule has 6 nitrogen and oxygen atoms in total. The number of nitrogens with zero attached hydrogens (tertiary/aromatic N) is 3. The van der Waals surface area contributed by atoms with Gasteiger partial charge in [-0.1, -0.05) is 43.9 Å². The van der Waals surface area contributed by atoms with E-state index in [2.05, 4.69) is 45.2 Å². The molecule has 180 valence electrons. The van der Waals surface area contributed by atoms with Gasteiger partial charge in [-0.15, -0.1) is 0 Å². The Morgan fingerprint density at radius 3 is 2.59 bits per heavy atom. The second-order valence-electron chi connectivity index (χ2n) is 10.1. The van der Waals surface area contributed by atoms with Gasteiger partial charge >= 0.3 is 0 Å². The summed E-state index contributed by atoms with van der Waals surface area (Å²) in [5, 5.41) is 7.19. The van der Waals surface area contributed by atoms with Crippen LogP contribution in [-0.2, 0) is 18.4 Å². The molecule has 2 aromatic carbocycles. The molecule has 1 saturated carbocycles. The van der Waals surface area contributed by atoms with Gasteiger partial charge in [0.2, 0.25) is 11.9 Å². The zero-order valence-corrected chi connectivity index (χ0v) is 20.9. The van der Waals surface area contributed by atoms with Crippen LogP contribution in [0.25, 0.3) is 11.0 Å². The number of benzene rings is 2. The van der Waals surface area contributed by atoms with Crippen LogP contribution in [0.3, 0.4) is 0 Å². The van der Waals surface area contributed by atoms with Crippen molar-refractivity contribution in [1.82, 2.24) is 14.9 Å². The molecule has 2 heterocycles. The minimum absolute atomic E-state index is 0.154. The van der Waals surface area contributed by atoms with E-state index in [0.717, 1.165) is 67.0 Å². The number of aromatic nitrogens is 2. The standard InChI is InChI=1S/C27H34ClN5O/c1-27(12-4-3-5-13-27)25(34)29-18-19-8-10-21(28)23(16-19)31-26-30-22-11-9-20(17-24(22)32(26)2)33-14-6-7-15-33/h8-11,16-17H,3-7,12-15,18H2,1-2H3,(H,29,34)(H,30,31). The number of nitrogens with one attached hydrogen (secondary N) is 2. The Kier molecular flexibility index (Phi) is 6.43. The van der Waals surface area contributed by atoms with Crippen LogP contribution in [-0.4, -0.2) is 28.5 Å². The lowest BCUT2D eigenvalue weighted by Gasteiger charge is -2.32. The van der Waals surface area contributed by atoms with Crippen LogP contribution in [0.4, 0.5) is 17.3 Å². The smallest absolute Gasteiger partial charge is 0.226 e. The van der Waals surface area contributed by atoms with Gasteiger partial charge < -0.3 is 20.1 Å². The van der Waals surface area contributed by atoms with Crippen molar-refractivity contribution < 1.29 is 4.79 Å². The number of halogens is 1. The summed E-state index contributed by atoms with van der Waals surface area (Å²) in [5.41, 5.74) is 4.85. The number of anilines is 3. The fraction of sp³-hybridized carbons (Fsp3) is 0.481. The number of hydrogen-bond acceptors (Lipinski definition) is 4. The van der Waals surface area contributed by atoms with Gasteiger partial charge in [0.25, 0.3) is 0 Å². The Morgan fingerprint density at radius 2 is 1.82 bits per heavy atom. The van der Waals surface area contributed by atoms with Gasteiger partial charge in [0.15, 0.2) is 0 Å². The highest BCUT2D eigenvalue weighted by Crippen LogP contribution is 2.36. The van der Waals surface area contributed by atoms with E-state index >= 15 is 0 Å². The molecule has 5 rings (SSSR count). The highest BCUT2D eigenvalue weighted by Gasteiger charge is 2.34. The molecule has 2 N–H and O–H groups in total. The van der Waals surface area contributed by atoms with Crippen LogP contribution in [0.2, 0.25) is 5.02 Å². The summed E-state index contributed by atoms with van der Waals surface area (Å²) in [6.45, 7) is 4.82. The monoisotopic (exact) mass is 479 g/mol. The van der Waals surface area contributed by atoms with Crippen molar-refractivity contribution in [1.29, 1.82) is 0 Å². The van der Waals surface area contributed by atoms with Gasteiger partial charge in [0, 0.05) is 37.8 Å². The Balaban J connectivity index is 1.31. The first kappa shape index (κ1) is 23.0. The second kappa shape index (κ2) is 9.49. The van der Waals surface area contributed by atoms with Crippen LogP contribution < -0.4 is 15.5 Å². The van der Waals surface area contributed by atoms with Crippen LogP contribution in [0.15, 0.2) is 36.4 Å². The van der Waals surface area contributed by atoms with Crippen LogP contribution >= 0.6 is 11.6 Å². The highest BCUT2D eigenvalue weighted by atomic mass is 35.5. The SMILES string of the molecule is Cn1c(Nc2cc(CNC(=O)C3(C)CCCCC3)ccc2Cl)nc2ccc(N3CCCC3)cc21. The van der Waals surface area contributed by atoms with E-state index in [9.17, 15) is 4.79 Å². The maximum absolute atomic E-state index is 12.8. The molecule has 2 aliphatic rings. The van der Waals surface area contributed by atoms with Crippen molar-refractivity contribution in [2.24, 2.45) is 12.5 Å². The molecule has 1 amide bonds. The van der Waals surface area contributed by atoms with Crippen molar-refractivity contribution >= 4 is 45.9 Å². The summed E-state index contributed by atoms with van der Waals surface area (Å²) in [6, 6.07) is 12.3. The lowest BCUT2D eigenvalue weighted by molar-refractivity contribution is -0.132. The molecule has 0 atom stereocenters. The average Bonchev–Trinajstić information content (AvgIpc) is 3.48. The normalized spacial score (nSPS) is 17.8. The number of imidazole rings is 1. The number of rotatable bonds is 6. The number of amides is 1. The number of hydrogen-bond donors (Lipinski definition) is 2. The van der Waals surface area contributed by atoms with E-state index in [4.69, 9.17) is 16.6 Å². The molecule has 1 aromatic heterocycles. The fourth-order valence-electron chi connectivity index (χ4n) is 5.32. The zero-order valence-electron chi connectivity index (χ0n) is 20.2. The molecule has 0 radical (unpaired) electrons. The van der Waals surface area contributed by atoms with Crippen molar-refractivity contribution in [3.63, 3.8) is 0 Å². The van der Waals surface area contributed by atoms with Crippen LogP contribution in [0.1, 0.15) is 57.4 Å². The van der Waals surface area contributed by atoms with Crippen LogP contribution in [0, 0.1) is 5.41 Å². The molecule has 0 bridgehead atoms. The van der Waals surface area contributed by atoms with Gasteiger partial charge in [0.05, 0.1) is 21.7 Å². The maximum atomic E-state index is 12.8. The summed E-state index contributed by atoms with van der Waals surface area (Å²) in [6.07, 6.45) is 7.95. The molecular weight excluding hydrogens is 446 g/mol. The molecule has 0 spiro atoms. The number of carbonyl (C=O) groups is 1. The summed E-state index contributed by atoms with van der Waals surface area (Å²) >= 11 is 6.52. The predicted molar refractivity (Wildman–Crippen MR) is 140 cm³/mol. The molecule has 7 heteroatoms. The maximum Gasteiger partial charge on any atom is 0.226 e. The van der Waals surface area contributed by atoms with Gasteiger partial charge in [-0.05, 0) is 61.6 Å². The van der Waals surface area contributed by atoms with Gasteiger partial charge in [-0.2, -0.15) is 0 Å². The third-order valence-electron chi connectivity index (χ3n) is 7.57. The average molecular weight is 480 g/mol. The molecule has 1 aliphatic heterocycles. The largest absolute Gasteiger partial charge is 0.371 e. The quantitative estimate of drug-likeness (QED) is 0.444. The van der Waals surface area contributed by atoms with Crippen molar-refractivity contribution in [2.75, 3.05) is 23.3 Å².